The first-order valence-electron chi connectivity index (χ1n) is 8.74. The van der Waals surface area contributed by atoms with Crippen LogP contribution in [0.1, 0.15) is 24.2 Å². The molecule has 1 N–H and O–H groups in total. The number of para-hydroxylation sites is 2. The van der Waals surface area contributed by atoms with Crippen molar-refractivity contribution in [3.05, 3.63) is 72.0 Å². The van der Waals surface area contributed by atoms with E-state index in [1.807, 2.05) is 0 Å². The normalized spacial score (nSPS) is 10.7. The molecular weight excluding hydrogens is 362 g/mol. The first-order chi connectivity index (χ1) is 13.5. The third-order valence-corrected chi connectivity index (χ3v) is 3.40. The standard InChI is InChI=1S/C21H21NO6/c1-3-26-19(23)14-18(21(25)27-4-2)28-17-13-9-8-12-16(17)22-20(24)15-10-6-5-7-11-15/h5-14H,3-4H2,1-2H3,(H,22,24)/b18-14-. The Morgan fingerprint density at radius 3 is 2.21 bits per heavy atom. The Labute approximate surface area is 162 Å². The number of anilines is 1. The van der Waals surface area contributed by atoms with Crippen molar-refractivity contribution in [2.45, 2.75) is 13.8 Å². The van der Waals surface area contributed by atoms with E-state index in [1.165, 1.54) is 0 Å². The number of amides is 1. The lowest BCUT2D eigenvalue weighted by molar-refractivity contribution is -0.143. The Bertz CT molecular complexity index is 860. The Morgan fingerprint density at radius 1 is 0.893 bits per heavy atom. The van der Waals surface area contributed by atoms with Gasteiger partial charge >= 0.3 is 11.9 Å². The van der Waals surface area contributed by atoms with Crippen molar-refractivity contribution in [2.75, 3.05) is 18.5 Å². The molecule has 28 heavy (non-hydrogen) atoms. The quantitative estimate of drug-likeness (QED) is 0.427. The number of carbonyl (C=O) groups is 3. The summed E-state index contributed by atoms with van der Waals surface area (Å²) in [5, 5.41) is 2.72. The van der Waals surface area contributed by atoms with Crippen molar-refractivity contribution in [1.82, 2.24) is 0 Å². The van der Waals surface area contributed by atoms with Crippen LogP contribution in [-0.4, -0.2) is 31.1 Å². The van der Waals surface area contributed by atoms with Gasteiger partial charge in [0.15, 0.2) is 5.75 Å². The number of ether oxygens (including phenoxy) is 3. The molecule has 2 aromatic rings. The molecule has 0 aromatic heterocycles. The predicted octanol–water partition coefficient (Wildman–Crippen LogP) is 3.33. The molecule has 7 heteroatoms. The number of carbonyl (C=O) groups excluding carboxylic acids is 3. The van der Waals surface area contributed by atoms with Crippen LogP contribution in [0.2, 0.25) is 0 Å². The molecule has 0 radical (unpaired) electrons. The van der Waals surface area contributed by atoms with Gasteiger partial charge in [0.25, 0.3) is 5.91 Å². The molecule has 0 bridgehead atoms. The van der Waals surface area contributed by atoms with Crippen molar-refractivity contribution in [2.24, 2.45) is 0 Å². The van der Waals surface area contributed by atoms with E-state index in [1.54, 1.807) is 68.4 Å². The number of nitrogens with one attached hydrogen (secondary N) is 1. The number of hydrogen-bond acceptors (Lipinski definition) is 6. The average molecular weight is 383 g/mol. The summed E-state index contributed by atoms with van der Waals surface area (Å²) < 4.78 is 15.3. The molecule has 7 nitrogen and oxygen atoms in total. The molecule has 0 fully saturated rings. The Kier molecular flexibility index (Phi) is 7.77. The van der Waals surface area contributed by atoms with Gasteiger partial charge in [-0.3, -0.25) is 4.79 Å². The fraction of sp³-hybridized carbons (Fsp3) is 0.190. The monoisotopic (exact) mass is 383 g/mol. The predicted molar refractivity (Wildman–Crippen MR) is 103 cm³/mol. The molecule has 0 atom stereocenters. The first-order valence-corrected chi connectivity index (χ1v) is 8.74. The maximum absolute atomic E-state index is 12.4. The summed E-state index contributed by atoms with van der Waals surface area (Å²) in [6.45, 7) is 3.53. The summed E-state index contributed by atoms with van der Waals surface area (Å²) >= 11 is 0. The Morgan fingerprint density at radius 2 is 1.54 bits per heavy atom. The smallest absolute Gasteiger partial charge is 0.374 e. The fourth-order valence-corrected chi connectivity index (χ4v) is 2.18. The second-order valence-corrected chi connectivity index (χ2v) is 5.40. The lowest BCUT2D eigenvalue weighted by atomic mass is 10.2. The lowest BCUT2D eigenvalue weighted by Gasteiger charge is -2.14. The highest BCUT2D eigenvalue weighted by Gasteiger charge is 2.18. The van der Waals surface area contributed by atoms with Crippen molar-refractivity contribution in [1.29, 1.82) is 0 Å². The third kappa shape index (κ3) is 5.98. The molecule has 0 spiro atoms. The second-order valence-electron chi connectivity index (χ2n) is 5.40. The van der Waals surface area contributed by atoms with Gasteiger partial charge in [-0.1, -0.05) is 30.3 Å². The van der Waals surface area contributed by atoms with E-state index in [-0.39, 0.29) is 30.6 Å². The zero-order valence-electron chi connectivity index (χ0n) is 15.6. The number of rotatable bonds is 8. The first kappa shape index (κ1) is 20.7. The van der Waals surface area contributed by atoms with E-state index >= 15 is 0 Å². The highest BCUT2D eigenvalue weighted by molar-refractivity contribution is 6.05. The number of esters is 2. The van der Waals surface area contributed by atoms with Gasteiger partial charge in [-0.15, -0.1) is 0 Å². The topological polar surface area (TPSA) is 90.9 Å². The summed E-state index contributed by atoms with van der Waals surface area (Å²) in [7, 11) is 0. The SMILES string of the molecule is CCOC(=O)/C=C(\Oc1ccccc1NC(=O)c1ccccc1)C(=O)OCC. The van der Waals surface area contributed by atoms with Crippen molar-refractivity contribution < 1.29 is 28.6 Å². The Hall–Kier alpha value is -3.61. The molecule has 2 aromatic carbocycles. The van der Waals surface area contributed by atoms with Gasteiger partial charge in [0.2, 0.25) is 5.76 Å². The maximum atomic E-state index is 12.4. The van der Waals surface area contributed by atoms with E-state index in [4.69, 9.17) is 14.2 Å². The molecule has 2 rings (SSSR count). The fourth-order valence-electron chi connectivity index (χ4n) is 2.18. The van der Waals surface area contributed by atoms with E-state index in [9.17, 15) is 14.4 Å². The zero-order chi connectivity index (χ0) is 20.4. The van der Waals surface area contributed by atoms with Crippen molar-refractivity contribution >= 4 is 23.5 Å². The molecule has 0 heterocycles. The zero-order valence-corrected chi connectivity index (χ0v) is 15.6. The minimum Gasteiger partial charge on any atom is -0.463 e. The van der Waals surface area contributed by atoms with Crippen molar-refractivity contribution in [3.8, 4) is 5.75 Å². The number of hydrogen-bond donors (Lipinski definition) is 1. The summed E-state index contributed by atoms with van der Waals surface area (Å²) in [5.41, 5.74) is 0.792. The van der Waals surface area contributed by atoms with Crippen LogP contribution < -0.4 is 10.1 Å². The van der Waals surface area contributed by atoms with Gasteiger partial charge in [0.1, 0.15) is 0 Å². The van der Waals surface area contributed by atoms with Crippen LogP contribution in [0.25, 0.3) is 0 Å². The summed E-state index contributed by atoms with van der Waals surface area (Å²) in [6, 6.07) is 15.2. The highest BCUT2D eigenvalue weighted by Crippen LogP contribution is 2.26. The molecular formula is C21H21NO6. The van der Waals surface area contributed by atoms with Crippen LogP contribution in [0.4, 0.5) is 5.69 Å². The van der Waals surface area contributed by atoms with E-state index < -0.39 is 11.9 Å². The minimum atomic E-state index is -0.820. The van der Waals surface area contributed by atoms with Gasteiger partial charge in [-0.05, 0) is 38.1 Å². The van der Waals surface area contributed by atoms with Crippen LogP contribution in [0.3, 0.4) is 0 Å². The van der Waals surface area contributed by atoms with Gasteiger partial charge in [-0.2, -0.15) is 0 Å². The van der Waals surface area contributed by atoms with Gasteiger partial charge in [0.05, 0.1) is 25.0 Å². The Balaban J connectivity index is 2.26. The van der Waals surface area contributed by atoms with Gasteiger partial charge < -0.3 is 19.5 Å². The highest BCUT2D eigenvalue weighted by atomic mass is 16.6. The van der Waals surface area contributed by atoms with Crippen LogP contribution in [0.5, 0.6) is 5.75 Å². The van der Waals surface area contributed by atoms with Crippen molar-refractivity contribution in [3.63, 3.8) is 0 Å². The van der Waals surface area contributed by atoms with Crippen LogP contribution in [0.15, 0.2) is 66.4 Å². The largest absolute Gasteiger partial charge is 0.463 e. The average Bonchev–Trinajstić information content (AvgIpc) is 2.70. The molecule has 1 amide bonds. The summed E-state index contributed by atoms with van der Waals surface area (Å²) in [6.07, 6.45) is 0.914. The molecule has 146 valence electrons. The minimum absolute atomic E-state index is 0.106. The van der Waals surface area contributed by atoms with Crippen LogP contribution in [-0.2, 0) is 19.1 Å². The molecule has 0 saturated carbocycles. The van der Waals surface area contributed by atoms with E-state index in [2.05, 4.69) is 5.32 Å². The maximum Gasteiger partial charge on any atom is 0.374 e. The lowest BCUT2D eigenvalue weighted by Crippen LogP contribution is -2.17. The second kappa shape index (κ2) is 10.5. The van der Waals surface area contributed by atoms with E-state index in [0.717, 1.165) is 6.08 Å². The molecule has 0 aliphatic heterocycles. The molecule has 0 aliphatic carbocycles. The van der Waals surface area contributed by atoms with Gasteiger partial charge in [-0.25, -0.2) is 9.59 Å². The van der Waals surface area contributed by atoms with Crippen LogP contribution >= 0.6 is 0 Å². The molecule has 0 saturated heterocycles. The third-order valence-electron chi connectivity index (χ3n) is 3.40. The summed E-state index contributed by atoms with van der Waals surface area (Å²) in [4.78, 5) is 36.3. The van der Waals surface area contributed by atoms with Crippen LogP contribution in [0, 0.1) is 0 Å². The summed E-state index contributed by atoms with van der Waals surface area (Å²) in [5.74, 6) is -2.07. The van der Waals surface area contributed by atoms with Gasteiger partial charge in [0, 0.05) is 5.56 Å². The molecule has 0 aliphatic rings. The van der Waals surface area contributed by atoms with E-state index in [0.29, 0.717) is 11.3 Å². The number of benzene rings is 2. The molecule has 0 unspecified atom stereocenters.